The molecule has 0 spiro atoms. The van der Waals surface area contributed by atoms with E-state index in [4.69, 9.17) is 4.74 Å². The zero-order valence-electron chi connectivity index (χ0n) is 12.5. The van der Waals surface area contributed by atoms with Crippen molar-refractivity contribution >= 4 is 27.4 Å². The predicted molar refractivity (Wildman–Crippen MR) is 83.1 cm³/mol. The highest BCUT2D eigenvalue weighted by molar-refractivity contribution is 7.91. The molecular formula is C16H11F2NO5S. The van der Waals surface area contributed by atoms with Gasteiger partial charge >= 0.3 is 11.7 Å². The highest BCUT2D eigenvalue weighted by atomic mass is 32.2. The van der Waals surface area contributed by atoms with Crippen LogP contribution in [0.4, 0.5) is 14.5 Å². The summed E-state index contributed by atoms with van der Waals surface area (Å²) in [7, 11) is -4.71. The second kappa shape index (κ2) is 6.25. The summed E-state index contributed by atoms with van der Waals surface area (Å²) in [4.78, 5) is 23.2. The molecule has 1 N–H and O–H groups in total. The molecular weight excluding hydrogens is 356 g/mol. The van der Waals surface area contributed by atoms with Crippen molar-refractivity contribution in [2.45, 2.75) is 17.3 Å². The maximum absolute atomic E-state index is 12.5. The van der Waals surface area contributed by atoms with E-state index in [-0.39, 0.29) is 12.2 Å². The Morgan fingerprint density at radius 2 is 1.80 bits per heavy atom. The van der Waals surface area contributed by atoms with Crippen LogP contribution in [0, 0.1) is 0 Å². The maximum atomic E-state index is 12.5. The summed E-state index contributed by atoms with van der Waals surface area (Å²) in [5.74, 6) is -4.59. The van der Waals surface area contributed by atoms with Gasteiger partial charge in [-0.1, -0.05) is 6.07 Å². The van der Waals surface area contributed by atoms with E-state index >= 15 is 0 Å². The molecule has 0 saturated carbocycles. The largest absolute Gasteiger partial charge is 0.457 e. The molecule has 0 radical (unpaired) electrons. The first kappa shape index (κ1) is 17.0. The topological polar surface area (TPSA) is 89.5 Å². The quantitative estimate of drug-likeness (QED) is 0.839. The number of cyclic esters (lactones) is 1. The Balaban J connectivity index is 1.83. The monoisotopic (exact) mass is 367 g/mol. The number of alkyl halides is 2. The van der Waals surface area contributed by atoms with Crippen molar-refractivity contribution in [1.29, 1.82) is 0 Å². The summed E-state index contributed by atoms with van der Waals surface area (Å²) in [6, 6.07) is 8.90. The lowest BCUT2D eigenvalue weighted by molar-refractivity contribution is 0.0535. The van der Waals surface area contributed by atoms with Crippen LogP contribution in [0.1, 0.15) is 26.3 Å². The van der Waals surface area contributed by atoms with Crippen LogP contribution in [-0.2, 0) is 21.2 Å². The van der Waals surface area contributed by atoms with Gasteiger partial charge in [-0.3, -0.25) is 4.79 Å². The number of esters is 1. The summed E-state index contributed by atoms with van der Waals surface area (Å²) in [6.45, 7) is 0.0379. The van der Waals surface area contributed by atoms with Crippen LogP contribution in [0.15, 0.2) is 47.4 Å². The fourth-order valence-electron chi connectivity index (χ4n) is 2.36. The first-order chi connectivity index (χ1) is 11.8. The molecule has 0 bridgehead atoms. The molecule has 0 aliphatic carbocycles. The lowest BCUT2D eigenvalue weighted by Gasteiger charge is -2.09. The van der Waals surface area contributed by atoms with E-state index in [2.05, 4.69) is 5.32 Å². The number of rotatable bonds is 4. The number of hydrogen-bond acceptors (Lipinski definition) is 5. The van der Waals surface area contributed by atoms with Crippen molar-refractivity contribution in [1.82, 2.24) is 0 Å². The lowest BCUT2D eigenvalue weighted by atomic mass is 10.1. The van der Waals surface area contributed by atoms with Crippen molar-refractivity contribution in [3.8, 4) is 0 Å². The van der Waals surface area contributed by atoms with Gasteiger partial charge in [0.1, 0.15) is 6.61 Å². The predicted octanol–water partition coefficient (Wildman–Crippen LogP) is 2.61. The number of carbonyl (C=O) groups is 2. The molecule has 3 rings (SSSR count). The van der Waals surface area contributed by atoms with Gasteiger partial charge < -0.3 is 10.1 Å². The molecule has 1 heterocycles. The Bertz CT molecular complexity index is 955. The lowest BCUT2D eigenvalue weighted by Crippen LogP contribution is -2.15. The Labute approximate surface area is 141 Å². The van der Waals surface area contributed by atoms with Gasteiger partial charge in [0.05, 0.1) is 10.5 Å². The second-order valence-electron chi connectivity index (χ2n) is 5.19. The van der Waals surface area contributed by atoms with Gasteiger partial charge in [0.25, 0.3) is 5.91 Å². The van der Waals surface area contributed by atoms with Gasteiger partial charge in [-0.05, 0) is 36.4 Å². The Kier molecular flexibility index (Phi) is 4.25. The van der Waals surface area contributed by atoms with Gasteiger partial charge in [0.15, 0.2) is 0 Å². The number of amides is 1. The van der Waals surface area contributed by atoms with E-state index in [1.807, 2.05) is 0 Å². The van der Waals surface area contributed by atoms with E-state index in [1.165, 1.54) is 0 Å². The second-order valence-corrected chi connectivity index (χ2v) is 7.11. The number of hydrogen-bond donors (Lipinski definition) is 1. The van der Waals surface area contributed by atoms with Crippen molar-refractivity contribution < 1.29 is 31.5 Å². The first-order valence-corrected chi connectivity index (χ1v) is 8.58. The van der Waals surface area contributed by atoms with Crippen LogP contribution in [-0.4, -0.2) is 26.1 Å². The highest BCUT2D eigenvalue weighted by Crippen LogP contribution is 2.27. The number of nitrogens with one attached hydrogen (secondary N) is 1. The van der Waals surface area contributed by atoms with Crippen LogP contribution in [0.2, 0.25) is 0 Å². The molecule has 0 saturated heterocycles. The minimum absolute atomic E-state index is 0.0379. The SMILES string of the molecule is O=C(Nc1cccc2c1COC2=O)c1ccc(S(=O)(=O)C(F)F)cc1. The van der Waals surface area contributed by atoms with Crippen LogP contribution in [0.5, 0.6) is 0 Å². The third-order valence-corrected chi connectivity index (χ3v) is 5.07. The number of carbonyl (C=O) groups excluding carboxylic acids is 2. The number of halogens is 2. The van der Waals surface area contributed by atoms with Crippen molar-refractivity contribution in [2.75, 3.05) is 5.32 Å². The number of benzene rings is 2. The van der Waals surface area contributed by atoms with Gasteiger partial charge in [-0.25, -0.2) is 13.2 Å². The average Bonchev–Trinajstić information content (AvgIpc) is 2.97. The van der Waals surface area contributed by atoms with Gasteiger partial charge in [0.2, 0.25) is 9.84 Å². The summed E-state index contributed by atoms with van der Waals surface area (Å²) < 4.78 is 52.6. The van der Waals surface area contributed by atoms with E-state index in [1.54, 1.807) is 18.2 Å². The number of anilines is 1. The normalized spacial score (nSPS) is 13.5. The number of ether oxygens (including phenoxy) is 1. The first-order valence-electron chi connectivity index (χ1n) is 7.03. The number of fused-ring (bicyclic) bond motifs is 1. The zero-order chi connectivity index (χ0) is 18.2. The third-order valence-electron chi connectivity index (χ3n) is 3.67. The van der Waals surface area contributed by atoms with E-state index in [0.717, 1.165) is 24.3 Å². The molecule has 1 aliphatic heterocycles. The molecule has 0 unspecified atom stereocenters. The molecule has 0 aromatic heterocycles. The van der Waals surface area contributed by atoms with Gasteiger partial charge in [0, 0.05) is 16.8 Å². The van der Waals surface area contributed by atoms with E-state index in [9.17, 15) is 26.8 Å². The smallest absolute Gasteiger partial charge is 0.341 e. The van der Waals surface area contributed by atoms with Crippen molar-refractivity contribution in [2.24, 2.45) is 0 Å². The maximum Gasteiger partial charge on any atom is 0.341 e. The summed E-state index contributed by atoms with van der Waals surface area (Å²) in [5.41, 5.74) is 1.36. The molecule has 9 heteroatoms. The van der Waals surface area contributed by atoms with Crippen molar-refractivity contribution in [3.05, 3.63) is 59.2 Å². The average molecular weight is 367 g/mol. The molecule has 1 aliphatic rings. The molecule has 25 heavy (non-hydrogen) atoms. The fraction of sp³-hybridized carbons (Fsp3) is 0.125. The van der Waals surface area contributed by atoms with Crippen LogP contribution < -0.4 is 5.32 Å². The van der Waals surface area contributed by atoms with Crippen LogP contribution in [0.25, 0.3) is 0 Å². The minimum atomic E-state index is -4.71. The standard InChI is InChI=1S/C16H11F2NO5S/c17-16(18)25(22,23)10-6-4-9(5-7-10)14(20)19-13-3-1-2-11-12(13)8-24-15(11)21/h1-7,16H,8H2,(H,19,20). The summed E-state index contributed by atoms with van der Waals surface area (Å²) in [5, 5.41) is 2.59. The molecule has 6 nitrogen and oxygen atoms in total. The fourth-order valence-corrected chi connectivity index (χ4v) is 3.08. The molecule has 1 amide bonds. The molecule has 0 atom stereocenters. The van der Waals surface area contributed by atoms with E-state index < -0.39 is 32.4 Å². The van der Waals surface area contributed by atoms with Gasteiger partial charge in [-0.2, -0.15) is 8.78 Å². The molecule has 2 aromatic carbocycles. The Hall–Kier alpha value is -2.81. The van der Waals surface area contributed by atoms with Crippen molar-refractivity contribution in [3.63, 3.8) is 0 Å². The van der Waals surface area contributed by atoms with Gasteiger partial charge in [-0.15, -0.1) is 0 Å². The third kappa shape index (κ3) is 3.10. The van der Waals surface area contributed by atoms with E-state index in [0.29, 0.717) is 16.8 Å². The number of sulfone groups is 1. The molecule has 2 aromatic rings. The minimum Gasteiger partial charge on any atom is -0.457 e. The van der Waals surface area contributed by atoms with Crippen LogP contribution in [0.3, 0.4) is 0 Å². The summed E-state index contributed by atoms with van der Waals surface area (Å²) >= 11 is 0. The highest BCUT2D eigenvalue weighted by Gasteiger charge is 2.27. The Morgan fingerprint density at radius 3 is 2.44 bits per heavy atom. The van der Waals surface area contributed by atoms with Crippen LogP contribution >= 0.6 is 0 Å². The molecule has 0 fully saturated rings. The zero-order valence-corrected chi connectivity index (χ0v) is 13.3. The summed E-state index contributed by atoms with van der Waals surface area (Å²) in [6.07, 6.45) is 0. The molecule has 130 valence electrons. The Morgan fingerprint density at radius 1 is 1.12 bits per heavy atom.